The molecule has 0 amide bonds. The van der Waals surface area contributed by atoms with E-state index >= 15 is 0 Å². The molecule has 0 aliphatic carbocycles. The Labute approximate surface area is 129 Å². The van der Waals surface area contributed by atoms with Crippen molar-refractivity contribution in [1.29, 1.82) is 0 Å². The lowest BCUT2D eigenvalue weighted by Gasteiger charge is -2.12. The molecule has 0 aliphatic rings. The summed E-state index contributed by atoms with van der Waals surface area (Å²) >= 11 is 1.44. The predicted octanol–water partition coefficient (Wildman–Crippen LogP) is 4.56. The van der Waals surface area contributed by atoms with E-state index in [0.717, 1.165) is 23.5 Å². The number of hydrogen-bond donors (Lipinski definition) is 0. The Hall–Kier alpha value is -1.81. The molecule has 0 N–H and O–H groups in total. The molecule has 2 rings (SSSR count). The largest absolute Gasteiger partial charge is 0.493 e. The molecule has 0 saturated heterocycles. The minimum absolute atomic E-state index is 0.00172. The van der Waals surface area contributed by atoms with E-state index in [-0.39, 0.29) is 5.78 Å². The van der Waals surface area contributed by atoms with Gasteiger partial charge in [0, 0.05) is 6.07 Å². The number of thiophene rings is 1. The smallest absolute Gasteiger partial charge is 0.206 e. The van der Waals surface area contributed by atoms with Gasteiger partial charge in [-0.2, -0.15) is 0 Å². The van der Waals surface area contributed by atoms with Gasteiger partial charge in [0.25, 0.3) is 0 Å². The first kappa shape index (κ1) is 15.6. The van der Waals surface area contributed by atoms with E-state index in [1.165, 1.54) is 11.3 Å². The van der Waals surface area contributed by atoms with E-state index < -0.39 is 0 Å². The van der Waals surface area contributed by atoms with E-state index in [2.05, 4.69) is 6.92 Å². The number of carbonyl (C=O) groups excluding carboxylic acids is 1. The highest BCUT2D eigenvalue weighted by molar-refractivity contribution is 7.12. The lowest BCUT2D eigenvalue weighted by atomic mass is 10.1. The lowest BCUT2D eigenvalue weighted by molar-refractivity contribution is 0.103. The first-order valence-corrected chi connectivity index (χ1v) is 8.12. The minimum atomic E-state index is -0.00172. The molecule has 0 saturated carbocycles. The molecule has 1 aromatic heterocycles. The molecule has 0 atom stereocenters. The van der Waals surface area contributed by atoms with Gasteiger partial charge < -0.3 is 9.47 Å². The second-order valence-corrected chi connectivity index (χ2v) is 5.61. The second-order valence-electron chi connectivity index (χ2n) is 4.66. The molecular formula is C17H20O3S. The molecule has 2 aromatic rings. The Morgan fingerprint density at radius 2 is 1.86 bits per heavy atom. The second kappa shape index (κ2) is 7.84. The number of ether oxygens (including phenoxy) is 2. The van der Waals surface area contributed by atoms with Gasteiger partial charge in [0.2, 0.25) is 5.78 Å². The average molecular weight is 304 g/mol. The summed E-state index contributed by atoms with van der Waals surface area (Å²) in [6.45, 7) is 5.34. The number of rotatable bonds is 8. The highest BCUT2D eigenvalue weighted by Crippen LogP contribution is 2.28. The highest BCUT2D eigenvalue weighted by Gasteiger charge is 2.16. The van der Waals surface area contributed by atoms with Crippen LogP contribution in [0.1, 0.15) is 41.9 Å². The van der Waals surface area contributed by atoms with Gasteiger partial charge in [0.1, 0.15) is 11.5 Å². The summed E-state index contributed by atoms with van der Waals surface area (Å²) in [5.74, 6) is 1.34. The Morgan fingerprint density at radius 3 is 2.52 bits per heavy atom. The maximum Gasteiger partial charge on any atom is 0.206 e. The third-order valence-corrected chi connectivity index (χ3v) is 3.75. The van der Waals surface area contributed by atoms with Gasteiger partial charge in [-0.15, -0.1) is 11.3 Å². The molecule has 0 spiro atoms. The van der Waals surface area contributed by atoms with Crippen LogP contribution < -0.4 is 9.47 Å². The van der Waals surface area contributed by atoms with Crippen LogP contribution in [0.2, 0.25) is 0 Å². The van der Waals surface area contributed by atoms with E-state index in [1.807, 2.05) is 36.6 Å². The van der Waals surface area contributed by atoms with Crippen molar-refractivity contribution >= 4 is 17.1 Å². The van der Waals surface area contributed by atoms with Crippen molar-refractivity contribution in [3.8, 4) is 11.5 Å². The Balaban J connectivity index is 2.28. The molecule has 0 radical (unpaired) electrons. The van der Waals surface area contributed by atoms with E-state index in [0.29, 0.717) is 24.5 Å². The van der Waals surface area contributed by atoms with Crippen LogP contribution in [0, 0.1) is 0 Å². The van der Waals surface area contributed by atoms with Crippen molar-refractivity contribution < 1.29 is 14.3 Å². The predicted molar refractivity (Wildman–Crippen MR) is 85.8 cm³/mol. The molecule has 4 heteroatoms. The molecule has 0 bridgehead atoms. The quantitative estimate of drug-likeness (QED) is 0.671. The van der Waals surface area contributed by atoms with Crippen LogP contribution >= 0.6 is 11.3 Å². The van der Waals surface area contributed by atoms with Crippen LogP contribution in [-0.2, 0) is 0 Å². The van der Waals surface area contributed by atoms with Gasteiger partial charge in [-0.3, -0.25) is 4.79 Å². The summed E-state index contributed by atoms with van der Waals surface area (Å²) < 4.78 is 11.3. The monoisotopic (exact) mass is 304 g/mol. The van der Waals surface area contributed by atoms with Crippen LogP contribution in [0.3, 0.4) is 0 Å². The van der Waals surface area contributed by atoms with Crippen LogP contribution in [0.4, 0.5) is 0 Å². The maximum atomic E-state index is 12.5. The molecular weight excluding hydrogens is 284 g/mol. The van der Waals surface area contributed by atoms with Gasteiger partial charge in [-0.05, 0) is 36.4 Å². The van der Waals surface area contributed by atoms with Crippen LogP contribution in [0.15, 0.2) is 35.7 Å². The van der Waals surface area contributed by atoms with Crippen LogP contribution in [0.5, 0.6) is 11.5 Å². The van der Waals surface area contributed by atoms with Gasteiger partial charge in [-0.1, -0.05) is 19.9 Å². The summed E-state index contributed by atoms with van der Waals surface area (Å²) in [4.78, 5) is 13.2. The third kappa shape index (κ3) is 4.08. The maximum absolute atomic E-state index is 12.5. The highest BCUT2D eigenvalue weighted by atomic mass is 32.1. The summed E-state index contributed by atoms with van der Waals surface area (Å²) in [7, 11) is 0. The zero-order chi connectivity index (χ0) is 15.1. The topological polar surface area (TPSA) is 35.5 Å². The first-order valence-electron chi connectivity index (χ1n) is 7.24. The minimum Gasteiger partial charge on any atom is -0.493 e. The van der Waals surface area contributed by atoms with Crippen molar-refractivity contribution in [2.24, 2.45) is 0 Å². The molecule has 0 aliphatic heterocycles. The van der Waals surface area contributed by atoms with Crippen molar-refractivity contribution in [2.45, 2.75) is 26.7 Å². The fourth-order valence-electron chi connectivity index (χ4n) is 1.87. The van der Waals surface area contributed by atoms with Gasteiger partial charge in [0.05, 0.1) is 23.7 Å². The fraction of sp³-hybridized carbons (Fsp3) is 0.353. The SMILES string of the molecule is CCCOc1ccc(C(=O)c2cccs2)c(OCCC)c1. The van der Waals surface area contributed by atoms with Crippen molar-refractivity contribution in [3.05, 3.63) is 46.2 Å². The zero-order valence-corrected chi connectivity index (χ0v) is 13.2. The molecule has 0 fully saturated rings. The van der Waals surface area contributed by atoms with Crippen LogP contribution in [-0.4, -0.2) is 19.0 Å². The summed E-state index contributed by atoms with van der Waals surface area (Å²) in [6.07, 6.45) is 1.84. The summed E-state index contributed by atoms with van der Waals surface area (Å²) in [5, 5.41) is 1.90. The summed E-state index contributed by atoms with van der Waals surface area (Å²) in [5.41, 5.74) is 0.592. The third-order valence-electron chi connectivity index (χ3n) is 2.88. The van der Waals surface area contributed by atoms with Crippen molar-refractivity contribution in [1.82, 2.24) is 0 Å². The number of benzene rings is 1. The first-order chi connectivity index (χ1) is 10.3. The molecule has 3 nitrogen and oxygen atoms in total. The summed E-state index contributed by atoms with van der Waals surface area (Å²) in [6, 6.07) is 9.14. The van der Waals surface area contributed by atoms with Crippen molar-refractivity contribution in [2.75, 3.05) is 13.2 Å². The number of ketones is 1. The van der Waals surface area contributed by atoms with E-state index in [4.69, 9.17) is 9.47 Å². The number of hydrogen-bond acceptors (Lipinski definition) is 4. The van der Waals surface area contributed by atoms with Gasteiger partial charge in [0.15, 0.2) is 0 Å². The Kier molecular flexibility index (Phi) is 5.81. The van der Waals surface area contributed by atoms with Crippen LogP contribution in [0.25, 0.3) is 0 Å². The standard InChI is InChI=1S/C17H20O3S/c1-3-9-19-13-7-8-14(15(12-13)20-10-4-2)17(18)16-6-5-11-21-16/h5-8,11-12H,3-4,9-10H2,1-2H3. The fourth-order valence-corrected chi connectivity index (χ4v) is 2.55. The van der Waals surface area contributed by atoms with E-state index in [9.17, 15) is 4.79 Å². The van der Waals surface area contributed by atoms with Crippen molar-refractivity contribution in [3.63, 3.8) is 0 Å². The normalized spacial score (nSPS) is 10.4. The zero-order valence-electron chi connectivity index (χ0n) is 12.4. The van der Waals surface area contributed by atoms with E-state index in [1.54, 1.807) is 6.07 Å². The molecule has 1 aromatic carbocycles. The Bertz CT molecular complexity index is 576. The Morgan fingerprint density at radius 1 is 1.10 bits per heavy atom. The lowest BCUT2D eigenvalue weighted by Crippen LogP contribution is -2.06. The molecule has 1 heterocycles. The van der Waals surface area contributed by atoms with Gasteiger partial charge in [-0.25, -0.2) is 0 Å². The van der Waals surface area contributed by atoms with Gasteiger partial charge >= 0.3 is 0 Å². The molecule has 112 valence electrons. The average Bonchev–Trinajstić information content (AvgIpc) is 3.04. The number of carbonyl (C=O) groups is 1. The molecule has 0 unspecified atom stereocenters. The molecule has 21 heavy (non-hydrogen) atoms.